The van der Waals surface area contributed by atoms with Crippen LogP contribution in [0.5, 0.6) is 5.75 Å². The average molecular weight is 372 g/mol. The van der Waals surface area contributed by atoms with Crippen LogP contribution in [0.2, 0.25) is 0 Å². The molecule has 2 aromatic carbocycles. The molecule has 0 fully saturated rings. The largest absolute Gasteiger partial charge is 0.494 e. The summed E-state index contributed by atoms with van der Waals surface area (Å²) in [6.45, 7) is 2.06. The molecule has 0 spiro atoms. The molecule has 1 N–H and O–H groups in total. The summed E-state index contributed by atoms with van der Waals surface area (Å²) in [7, 11) is 1.51. The fraction of sp³-hybridized carbons (Fsp3) is 0.333. The van der Waals surface area contributed by atoms with Gasteiger partial charge in [0.15, 0.2) is 0 Å². The Morgan fingerprint density at radius 2 is 1.78 bits per heavy atom. The summed E-state index contributed by atoms with van der Waals surface area (Å²) in [5.74, 6) is -0.162. The van der Waals surface area contributed by atoms with Crippen LogP contribution in [-0.2, 0) is 16.1 Å². The van der Waals surface area contributed by atoms with Crippen LogP contribution in [0.15, 0.2) is 54.6 Å². The quantitative estimate of drug-likeness (QED) is 0.688. The maximum Gasteiger partial charge on any atom is 0.242 e. The Hall–Kier alpha value is -2.89. The van der Waals surface area contributed by atoms with E-state index in [1.54, 1.807) is 25.1 Å². The van der Waals surface area contributed by atoms with E-state index in [0.717, 1.165) is 5.75 Å². The molecule has 2 rings (SSSR count). The van der Waals surface area contributed by atoms with E-state index < -0.39 is 11.9 Å². The van der Waals surface area contributed by atoms with Crippen LogP contribution in [0.4, 0.5) is 4.39 Å². The van der Waals surface area contributed by atoms with Crippen LogP contribution in [-0.4, -0.2) is 36.4 Å². The second-order valence-corrected chi connectivity index (χ2v) is 6.17. The molecular weight excluding hydrogens is 347 g/mol. The Morgan fingerprint density at radius 1 is 1.11 bits per heavy atom. The van der Waals surface area contributed by atoms with Crippen LogP contribution in [0.25, 0.3) is 0 Å². The fourth-order valence-corrected chi connectivity index (χ4v) is 2.68. The Balaban J connectivity index is 1.98. The number of nitrogens with zero attached hydrogens (tertiary/aromatic N) is 1. The monoisotopic (exact) mass is 372 g/mol. The highest BCUT2D eigenvalue weighted by Gasteiger charge is 2.25. The number of likely N-dealkylation sites (N-methyl/N-ethyl adjacent to an activating group) is 1. The summed E-state index contributed by atoms with van der Waals surface area (Å²) in [6, 6.07) is 14.9. The number of para-hydroxylation sites is 1. The van der Waals surface area contributed by atoms with Gasteiger partial charge >= 0.3 is 0 Å². The molecular formula is C21H25FN2O3. The first-order valence-corrected chi connectivity index (χ1v) is 8.95. The zero-order valence-corrected chi connectivity index (χ0v) is 15.7. The summed E-state index contributed by atoms with van der Waals surface area (Å²) in [6.07, 6.45) is 0.713. The number of carbonyl (C=O) groups is 2. The highest BCUT2D eigenvalue weighted by Crippen LogP contribution is 2.15. The maximum atomic E-state index is 14.0. The van der Waals surface area contributed by atoms with E-state index in [2.05, 4.69) is 5.32 Å². The summed E-state index contributed by atoms with van der Waals surface area (Å²) >= 11 is 0. The van der Waals surface area contributed by atoms with Gasteiger partial charge in [0.05, 0.1) is 6.61 Å². The molecule has 5 nitrogen and oxygen atoms in total. The molecule has 0 saturated heterocycles. The number of nitrogens with one attached hydrogen (secondary N) is 1. The Bertz CT molecular complexity index is 752. The van der Waals surface area contributed by atoms with Gasteiger partial charge in [-0.25, -0.2) is 4.39 Å². The topological polar surface area (TPSA) is 58.6 Å². The van der Waals surface area contributed by atoms with E-state index in [4.69, 9.17) is 4.74 Å². The molecule has 144 valence electrons. The van der Waals surface area contributed by atoms with Crippen molar-refractivity contribution in [2.45, 2.75) is 32.4 Å². The minimum Gasteiger partial charge on any atom is -0.494 e. The molecule has 2 aromatic rings. The van der Waals surface area contributed by atoms with Gasteiger partial charge in [0.2, 0.25) is 11.8 Å². The number of amides is 2. The van der Waals surface area contributed by atoms with Gasteiger partial charge in [-0.05, 0) is 31.5 Å². The van der Waals surface area contributed by atoms with Gasteiger partial charge in [0.1, 0.15) is 17.6 Å². The average Bonchev–Trinajstić information content (AvgIpc) is 2.70. The number of hydrogen-bond acceptors (Lipinski definition) is 3. The van der Waals surface area contributed by atoms with Crippen molar-refractivity contribution in [3.8, 4) is 5.75 Å². The van der Waals surface area contributed by atoms with Crippen LogP contribution >= 0.6 is 0 Å². The van der Waals surface area contributed by atoms with Crippen molar-refractivity contribution < 1.29 is 18.7 Å². The van der Waals surface area contributed by atoms with Crippen molar-refractivity contribution in [1.82, 2.24) is 10.2 Å². The molecule has 0 aromatic heterocycles. The lowest BCUT2D eigenvalue weighted by atomic mass is 10.1. The second-order valence-electron chi connectivity index (χ2n) is 6.17. The third kappa shape index (κ3) is 6.09. The summed E-state index contributed by atoms with van der Waals surface area (Å²) < 4.78 is 19.6. The Morgan fingerprint density at radius 3 is 2.44 bits per heavy atom. The van der Waals surface area contributed by atoms with Crippen LogP contribution < -0.4 is 10.1 Å². The van der Waals surface area contributed by atoms with Gasteiger partial charge in [0, 0.05) is 25.6 Å². The third-order valence-electron chi connectivity index (χ3n) is 4.26. The van der Waals surface area contributed by atoms with Crippen molar-refractivity contribution in [2.75, 3.05) is 13.7 Å². The first kappa shape index (κ1) is 20.4. The van der Waals surface area contributed by atoms with Gasteiger partial charge in [-0.2, -0.15) is 0 Å². The zero-order chi connectivity index (χ0) is 19.6. The molecule has 2 amide bonds. The number of carbonyl (C=O) groups excluding carboxylic acids is 2. The number of halogens is 1. The van der Waals surface area contributed by atoms with E-state index in [-0.39, 0.29) is 24.8 Å². The van der Waals surface area contributed by atoms with Gasteiger partial charge < -0.3 is 15.0 Å². The smallest absolute Gasteiger partial charge is 0.242 e. The lowest BCUT2D eigenvalue weighted by Gasteiger charge is -2.28. The molecule has 27 heavy (non-hydrogen) atoms. The standard InChI is InChI=1S/C21H25FN2O3/c1-16(21(26)23-2)24(15-17-9-6-7-12-19(17)22)20(25)13-8-14-27-18-10-4-3-5-11-18/h3-7,9-12,16H,8,13-15H2,1-2H3,(H,23,26)/t16-/m0/s1. The van der Waals surface area contributed by atoms with E-state index in [9.17, 15) is 14.0 Å². The molecule has 0 aliphatic carbocycles. The molecule has 0 unspecified atom stereocenters. The summed E-state index contributed by atoms with van der Waals surface area (Å²) in [5.41, 5.74) is 0.377. The number of ether oxygens (including phenoxy) is 1. The molecule has 0 aliphatic rings. The lowest BCUT2D eigenvalue weighted by Crippen LogP contribution is -2.46. The van der Waals surface area contributed by atoms with E-state index in [1.165, 1.54) is 18.0 Å². The first-order chi connectivity index (χ1) is 13.0. The van der Waals surface area contributed by atoms with Crippen molar-refractivity contribution in [2.24, 2.45) is 0 Å². The number of hydrogen-bond donors (Lipinski definition) is 1. The van der Waals surface area contributed by atoms with Crippen LogP contribution in [0.3, 0.4) is 0 Å². The normalized spacial score (nSPS) is 11.5. The first-order valence-electron chi connectivity index (χ1n) is 8.95. The molecule has 0 aliphatic heterocycles. The molecule has 0 heterocycles. The predicted octanol–water partition coefficient (Wildman–Crippen LogP) is 3.15. The third-order valence-corrected chi connectivity index (χ3v) is 4.26. The molecule has 0 radical (unpaired) electrons. The molecule has 1 atom stereocenters. The lowest BCUT2D eigenvalue weighted by molar-refractivity contribution is -0.140. The molecule has 0 bridgehead atoms. The number of rotatable bonds is 9. The van der Waals surface area contributed by atoms with Gasteiger partial charge in [-0.1, -0.05) is 36.4 Å². The van der Waals surface area contributed by atoms with Crippen molar-refractivity contribution in [3.05, 3.63) is 66.0 Å². The van der Waals surface area contributed by atoms with Gasteiger partial charge in [0.25, 0.3) is 0 Å². The van der Waals surface area contributed by atoms with Gasteiger partial charge in [-0.3, -0.25) is 9.59 Å². The maximum absolute atomic E-state index is 14.0. The van der Waals surface area contributed by atoms with E-state index >= 15 is 0 Å². The zero-order valence-electron chi connectivity index (χ0n) is 15.7. The Labute approximate surface area is 159 Å². The second kappa shape index (κ2) is 10.3. The molecule has 6 heteroatoms. The molecule has 0 saturated carbocycles. The highest BCUT2D eigenvalue weighted by molar-refractivity contribution is 5.87. The van der Waals surface area contributed by atoms with Crippen molar-refractivity contribution in [1.29, 1.82) is 0 Å². The fourth-order valence-electron chi connectivity index (χ4n) is 2.68. The SMILES string of the molecule is CNC(=O)[C@H](C)N(Cc1ccccc1F)C(=O)CCCOc1ccccc1. The number of benzene rings is 2. The minimum atomic E-state index is -0.697. The minimum absolute atomic E-state index is 0.0413. The van der Waals surface area contributed by atoms with Crippen LogP contribution in [0, 0.1) is 5.82 Å². The van der Waals surface area contributed by atoms with E-state index in [1.807, 2.05) is 30.3 Å². The van der Waals surface area contributed by atoms with Crippen LogP contribution in [0.1, 0.15) is 25.3 Å². The predicted molar refractivity (Wildman–Crippen MR) is 102 cm³/mol. The Kier molecular flexibility index (Phi) is 7.79. The summed E-state index contributed by atoms with van der Waals surface area (Å²) in [5, 5.41) is 2.54. The van der Waals surface area contributed by atoms with E-state index in [0.29, 0.717) is 18.6 Å². The van der Waals surface area contributed by atoms with Crippen molar-refractivity contribution >= 4 is 11.8 Å². The van der Waals surface area contributed by atoms with Gasteiger partial charge in [-0.15, -0.1) is 0 Å². The van der Waals surface area contributed by atoms with Crippen molar-refractivity contribution in [3.63, 3.8) is 0 Å². The summed E-state index contributed by atoms with van der Waals surface area (Å²) in [4.78, 5) is 26.1. The highest BCUT2D eigenvalue weighted by atomic mass is 19.1.